The Morgan fingerprint density at radius 2 is 2.25 bits per heavy atom. The fourth-order valence-electron chi connectivity index (χ4n) is 1.96. The number of aryl methyl sites for hydroxylation is 1. The van der Waals surface area contributed by atoms with E-state index in [0.29, 0.717) is 11.4 Å². The molecule has 0 radical (unpaired) electrons. The Morgan fingerprint density at radius 3 is 2.94 bits per heavy atom. The van der Waals surface area contributed by atoms with Gasteiger partial charge in [0.25, 0.3) is 0 Å². The van der Waals surface area contributed by atoms with Crippen LogP contribution in [0.3, 0.4) is 0 Å². The van der Waals surface area contributed by atoms with E-state index in [1.54, 1.807) is 7.11 Å². The number of nitrogens with one attached hydrogen (secondary N) is 1. The van der Waals surface area contributed by atoms with Crippen molar-refractivity contribution in [3.05, 3.63) is 23.9 Å². The van der Waals surface area contributed by atoms with Gasteiger partial charge in [-0.3, -0.25) is 0 Å². The number of anilines is 1. The number of hydrogen-bond donors (Lipinski definition) is 3. The van der Waals surface area contributed by atoms with Crippen molar-refractivity contribution in [3.63, 3.8) is 0 Å². The van der Waals surface area contributed by atoms with Gasteiger partial charge in [0.1, 0.15) is 0 Å². The SMILES string of the molecule is COc1c(N)ccc2[nH]cc(CCCO)c12. The predicted molar refractivity (Wildman–Crippen MR) is 64.7 cm³/mol. The largest absolute Gasteiger partial charge is 0.494 e. The maximum atomic E-state index is 8.85. The molecule has 2 aromatic rings. The molecule has 0 saturated heterocycles. The smallest absolute Gasteiger partial charge is 0.151 e. The lowest BCUT2D eigenvalue weighted by molar-refractivity contribution is 0.288. The quantitative estimate of drug-likeness (QED) is 0.686. The van der Waals surface area contributed by atoms with Crippen LogP contribution in [0.25, 0.3) is 10.9 Å². The number of aromatic nitrogens is 1. The summed E-state index contributed by atoms with van der Waals surface area (Å²) < 4.78 is 5.33. The van der Waals surface area contributed by atoms with Gasteiger partial charge in [-0.15, -0.1) is 0 Å². The third-order valence-corrected chi connectivity index (χ3v) is 2.72. The Balaban J connectivity index is 2.54. The van der Waals surface area contributed by atoms with E-state index in [4.69, 9.17) is 15.6 Å². The molecule has 16 heavy (non-hydrogen) atoms. The van der Waals surface area contributed by atoms with Crippen LogP contribution in [0.1, 0.15) is 12.0 Å². The van der Waals surface area contributed by atoms with E-state index < -0.39 is 0 Å². The van der Waals surface area contributed by atoms with Gasteiger partial charge in [-0.1, -0.05) is 0 Å². The first kappa shape index (κ1) is 10.8. The van der Waals surface area contributed by atoms with Crippen molar-refractivity contribution in [2.24, 2.45) is 0 Å². The number of aliphatic hydroxyl groups is 1. The first-order valence-electron chi connectivity index (χ1n) is 5.31. The summed E-state index contributed by atoms with van der Waals surface area (Å²) >= 11 is 0. The lowest BCUT2D eigenvalue weighted by Gasteiger charge is -2.07. The molecule has 0 atom stereocenters. The molecule has 0 fully saturated rings. The van der Waals surface area contributed by atoms with Gasteiger partial charge in [-0.2, -0.15) is 0 Å². The molecule has 0 aliphatic rings. The molecule has 4 nitrogen and oxygen atoms in total. The molecular weight excluding hydrogens is 204 g/mol. The normalized spacial score (nSPS) is 10.9. The standard InChI is InChI=1S/C12H16N2O2/c1-16-12-9(13)4-5-10-11(12)8(7-14-10)3-2-6-15/h4-5,7,14-15H,2-3,6,13H2,1H3. The summed E-state index contributed by atoms with van der Waals surface area (Å²) in [4.78, 5) is 3.18. The Kier molecular flexibility index (Phi) is 3.01. The monoisotopic (exact) mass is 220 g/mol. The number of aromatic amines is 1. The van der Waals surface area contributed by atoms with E-state index in [-0.39, 0.29) is 6.61 Å². The zero-order valence-electron chi connectivity index (χ0n) is 9.29. The second kappa shape index (κ2) is 4.45. The van der Waals surface area contributed by atoms with Crippen molar-refractivity contribution in [2.45, 2.75) is 12.8 Å². The topological polar surface area (TPSA) is 71.3 Å². The van der Waals surface area contributed by atoms with Crippen LogP contribution >= 0.6 is 0 Å². The molecule has 0 saturated carbocycles. The zero-order chi connectivity index (χ0) is 11.5. The second-order valence-electron chi connectivity index (χ2n) is 3.75. The maximum Gasteiger partial charge on any atom is 0.151 e. The fraction of sp³-hybridized carbons (Fsp3) is 0.333. The van der Waals surface area contributed by atoms with Crippen molar-refractivity contribution in [1.29, 1.82) is 0 Å². The third-order valence-electron chi connectivity index (χ3n) is 2.72. The van der Waals surface area contributed by atoms with Crippen molar-refractivity contribution < 1.29 is 9.84 Å². The molecule has 0 spiro atoms. The van der Waals surface area contributed by atoms with Crippen LogP contribution in [0.2, 0.25) is 0 Å². The van der Waals surface area contributed by atoms with Gasteiger partial charge >= 0.3 is 0 Å². The maximum absolute atomic E-state index is 8.85. The summed E-state index contributed by atoms with van der Waals surface area (Å²) in [7, 11) is 1.62. The Labute approximate surface area is 94.0 Å². The minimum Gasteiger partial charge on any atom is -0.494 e. The van der Waals surface area contributed by atoms with Crippen molar-refractivity contribution in [2.75, 3.05) is 19.5 Å². The number of nitrogen functional groups attached to an aromatic ring is 1. The first-order chi connectivity index (χ1) is 7.77. The molecule has 0 aliphatic heterocycles. The van der Waals surface area contributed by atoms with E-state index in [9.17, 15) is 0 Å². The van der Waals surface area contributed by atoms with Crippen LogP contribution in [-0.4, -0.2) is 23.8 Å². The minimum absolute atomic E-state index is 0.192. The number of nitrogens with two attached hydrogens (primary N) is 1. The summed E-state index contributed by atoms with van der Waals surface area (Å²) in [5.41, 5.74) is 8.65. The van der Waals surface area contributed by atoms with Crippen molar-refractivity contribution in [3.8, 4) is 5.75 Å². The number of fused-ring (bicyclic) bond motifs is 1. The number of H-pyrrole nitrogens is 1. The lowest BCUT2D eigenvalue weighted by atomic mass is 10.1. The molecule has 2 rings (SSSR count). The van der Waals surface area contributed by atoms with Crippen LogP contribution in [-0.2, 0) is 6.42 Å². The van der Waals surface area contributed by atoms with Gasteiger partial charge in [-0.05, 0) is 30.5 Å². The molecule has 0 unspecified atom stereocenters. The molecule has 1 aromatic carbocycles. The summed E-state index contributed by atoms with van der Waals surface area (Å²) in [6, 6.07) is 3.77. The third kappa shape index (κ3) is 1.72. The molecular formula is C12H16N2O2. The molecule has 1 heterocycles. The van der Waals surface area contributed by atoms with Gasteiger partial charge in [0, 0.05) is 23.7 Å². The van der Waals surface area contributed by atoms with Crippen molar-refractivity contribution >= 4 is 16.6 Å². The molecule has 0 bridgehead atoms. The molecule has 4 N–H and O–H groups in total. The zero-order valence-corrected chi connectivity index (χ0v) is 9.29. The highest BCUT2D eigenvalue weighted by Gasteiger charge is 2.11. The first-order valence-corrected chi connectivity index (χ1v) is 5.31. The Bertz CT molecular complexity index is 491. The molecule has 4 heteroatoms. The van der Waals surface area contributed by atoms with Gasteiger partial charge in [0.15, 0.2) is 5.75 Å². The highest BCUT2D eigenvalue weighted by Crippen LogP contribution is 2.34. The molecule has 0 amide bonds. The summed E-state index contributed by atoms with van der Waals surface area (Å²) in [5, 5.41) is 9.88. The number of rotatable bonds is 4. The molecule has 86 valence electrons. The van der Waals surface area contributed by atoms with Crippen LogP contribution in [0, 0.1) is 0 Å². The highest BCUT2D eigenvalue weighted by atomic mass is 16.5. The number of methoxy groups -OCH3 is 1. The van der Waals surface area contributed by atoms with Crippen molar-refractivity contribution in [1.82, 2.24) is 4.98 Å². The average Bonchev–Trinajstić information content (AvgIpc) is 2.70. The van der Waals surface area contributed by atoms with E-state index >= 15 is 0 Å². The summed E-state index contributed by atoms with van der Waals surface area (Å²) in [6.45, 7) is 0.192. The van der Waals surface area contributed by atoms with Gasteiger partial charge in [-0.25, -0.2) is 0 Å². The second-order valence-corrected chi connectivity index (χ2v) is 3.75. The van der Waals surface area contributed by atoms with Crippen LogP contribution in [0.15, 0.2) is 18.3 Å². The average molecular weight is 220 g/mol. The van der Waals surface area contributed by atoms with E-state index in [1.807, 2.05) is 18.3 Å². The molecule has 1 aromatic heterocycles. The lowest BCUT2D eigenvalue weighted by Crippen LogP contribution is -1.94. The van der Waals surface area contributed by atoms with Crippen LogP contribution in [0.5, 0.6) is 5.75 Å². The Hall–Kier alpha value is -1.68. The van der Waals surface area contributed by atoms with Crippen LogP contribution < -0.4 is 10.5 Å². The highest BCUT2D eigenvalue weighted by molar-refractivity contribution is 5.93. The van der Waals surface area contributed by atoms with Gasteiger partial charge in [0.05, 0.1) is 12.8 Å². The number of aliphatic hydroxyl groups excluding tert-OH is 1. The van der Waals surface area contributed by atoms with Gasteiger partial charge < -0.3 is 20.6 Å². The summed E-state index contributed by atoms with van der Waals surface area (Å²) in [6.07, 6.45) is 3.50. The van der Waals surface area contributed by atoms with E-state index in [0.717, 1.165) is 29.3 Å². The predicted octanol–water partition coefficient (Wildman–Crippen LogP) is 1.68. The molecule has 0 aliphatic carbocycles. The van der Waals surface area contributed by atoms with Gasteiger partial charge in [0.2, 0.25) is 0 Å². The van der Waals surface area contributed by atoms with E-state index in [1.165, 1.54) is 0 Å². The van der Waals surface area contributed by atoms with E-state index in [2.05, 4.69) is 4.98 Å². The number of hydrogen-bond acceptors (Lipinski definition) is 3. The van der Waals surface area contributed by atoms with Crippen LogP contribution in [0.4, 0.5) is 5.69 Å². The number of benzene rings is 1. The minimum atomic E-state index is 0.192. The fourth-order valence-corrected chi connectivity index (χ4v) is 1.96. The summed E-state index contributed by atoms with van der Waals surface area (Å²) in [5.74, 6) is 0.715. The Morgan fingerprint density at radius 1 is 1.44 bits per heavy atom. The number of ether oxygens (including phenoxy) is 1.